The van der Waals surface area contributed by atoms with E-state index in [1.165, 1.54) is 18.2 Å². The maximum absolute atomic E-state index is 13.8. The number of nitrogens with one attached hydrogen (secondary N) is 1. The van der Waals surface area contributed by atoms with E-state index in [2.05, 4.69) is 9.97 Å². The molecule has 2 aromatic heterocycles. The molecule has 0 atom stereocenters. The molecule has 3 rings (SSSR count). The Bertz CT molecular complexity index is 914. The second kappa shape index (κ2) is 5.21. The van der Waals surface area contributed by atoms with E-state index in [9.17, 15) is 8.96 Å². The molecule has 3 N–H and O–H groups in total. The van der Waals surface area contributed by atoms with Gasteiger partial charge in [0.25, 0.3) is 0 Å². The summed E-state index contributed by atoms with van der Waals surface area (Å²) >= 11 is 5.94. The van der Waals surface area contributed by atoms with Crippen molar-refractivity contribution < 1.29 is 23.2 Å². The summed E-state index contributed by atoms with van der Waals surface area (Å²) in [4.78, 5) is 25.3. The van der Waals surface area contributed by atoms with Crippen molar-refractivity contribution in [1.82, 2.24) is 9.97 Å². The van der Waals surface area contributed by atoms with Gasteiger partial charge >= 0.3 is 7.60 Å². The van der Waals surface area contributed by atoms with Crippen LogP contribution in [0.15, 0.2) is 22.6 Å². The molecule has 0 spiro atoms. The van der Waals surface area contributed by atoms with E-state index in [-0.39, 0.29) is 16.6 Å². The second-order valence-corrected chi connectivity index (χ2v) is 6.57. The fourth-order valence-electron chi connectivity index (χ4n) is 2.22. The highest BCUT2D eigenvalue weighted by Crippen LogP contribution is 2.36. The molecule has 0 aliphatic carbocycles. The van der Waals surface area contributed by atoms with E-state index < -0.39 is 18.9 Å². The predicted octanol–water partition coefficient (Wildman–Crippen LogP) is 2.98. The van der Waals surface area contributed by atoms with E-state index in [4.69, 9.17) is 25.8 Å². The lowest BCUT2D eigenvalue weighted by Crippen LogP contribution is -1.98. The first-order valence-electron chi connectivity index (χ1n) is 6.34. The minimum atomic E-state index is -4.47. The van der Waals surface area contributed by atoms with Crippen molar-refractivity contribution in [3.8, 4) is 11.6 Å². The summed E-state index contributed by atoms with van der Waals surface area (Å²) in [6.07, 6.45) is 0.501. The zero-order chi connectivity index (χ0) is 16.1. The molecule has 0 saturated carbocycles. The van der Waals surface area contributed by atoms with Crippen molar-refractivity contribution in [2.45, 2.75) is 13.3 Å². The molecule has 2 heterocycles. The first-order valence-corrected chi connectivity index (χ1v) is 8.33. The van der Waals surface area contributed by atoms with Gasteiger partial charge in [-0.1, -0.05) is 18.5 Å². The SMILES string of the molecule is CCc1c(Cl)c(F)cc2nc(-c3ccc(P(=O)(O)O)o3)[nH]c12. The molecule has 116 valence electrons. The number of aromatic nitrogens is 2. The number of imidazole rings is 1. The lowest BCUT2D eigenvalue weighted by Gasteiger charge is -2.03. The summed E-state index contributed by atoms with van der Waals surface area (Å²) in [7, 11) is -4.47. The van der Waals surface area contributed by atoms with Crippen molar-refractivity contribution in [2.75, 3.05) is 0 Å². The number of aromatic amines is 1. The Kier molecular flexibility index (Phi) is 3.61. The highest BCUT2D eigenvalue weighted by molar-refractivity contribution is 7.59. The third-order valence-corrected chi connectivity index (χ3v) is 4.46. The molecule has 0 radical (unpaired) electrons. The van der Waals surface area contributed by atoms with Gasteiger partial charge in [0.2, 0.25) is 5.50 Å². The fourth-order valence-corrected chi connectivity index (χ4v) is 2.99. The maximum atomic E-state index is 13.8. The summed E-state index contributed by atoms with van der Waals surface area (Å²) in [5, 5.41) is 0.0283. The number of halogens is 2. The average Bonchev–Trinajstić information content (AvgIpc) is 3.05. The van der Waals surface area contributed by atoms with Gasteiger partial charge in [-0.2, -0.15) is 0 Å². The second-order valence-electron chi connectivity index (χ2n) is 4.67. The first-order chi connectivity index (χ1) is 10.3. The third kappa shape index (κ3) is 2.46. The number of hydrogen-bond acceptors (Lipinski definition) is 3. The van der Waals surface area contributed by atoms with Crippen molar-refractivity contribution in [1.29, 1.82) is 0 Å². The van der Waals surface area contributed by atoms with Gasteiger partial charge in [0.1, 0.15) is 5.82 Å². The summed E-state index contributed by atoms with van der Waals surface area (Å²) < 4.78 is 30.0. The van der Waals surface area contributed by atoms with Crippen LogP contribution in [-0.2, 0) is 11.0 Å². The minimum absolute atomic E-state index is 0.0283. The Morgan fingerprint density at radius 3 is 2.77 bits per heavy atom. The van der Waals surface area contributed by atoms with E-state index in [1.807, 2.05) is 6.92 Å². The largest absolute Gasteiger partial charge is 0.445 e. The Labute approximate surface area is 129 Å². The van der Waals surface area contributed by atoms with E-state index >= 15 is 0 Å². The molecule has 0 amide bonds. The number of rotatable bonds is 3. The number of benzene rings is 1. The Morgan fingerprint density at radius 2 is 2.18 bits per heavy atom. The molecular formula is C13H11ClFN2O4P. The third-order valence-electron chi connectivity index (χ3n) is 3.24. The average molecular weight is 345 g/mol. The molecule has 0 saturated heterocycles. The molecule has 0 bridgehead atoms. The molecule has 6 nitrogen and oxygen atoms in total. The zero-order valence-corrected chi connectivity index (χ0v) is 13.0. The highest BCUT2D eigenvalue weighted by atomic mass is 35.5. The van der Waals surface area contributed by atoms with Crippen LogP contribution >= 0.6 is 19.2 Å². The number of aryl methyl sites for hydroxylation is 1. The normalized spacial score (nSPS) is 12.2. The lowest BCUT2D eigenvalue weighted by atomic mass is 10.1. The van der Waals surface area contributed by atoms with Gasteiger partial charge in [0.15, 0.2) is 11.6 Å². The van der Waals surface area contributed by atoms with E-state index in [0.29, 0.717) is 23.0 Å². The topological polar surface area (TPSA) is 99.3 Å². The van der Waals surface area contributed by atoms with Gasteiger partial charge < -0.3 is 19.2 Å². The van der Waals surface area contributed by atoms with Crippen LogP contribution in [0.2, 0.25) is 5.02 Å². The summed E-state index contributed by atoms with van der Waals surface area (Å²) in [5.74, 6) is -0.182. The smallest absolute Gasteiger partial charge is 0.391 e. The standard InChI is InChI=1S/C13H11ClFN2O4P/c1-2-6-11(14)7(15)5-8-12(6)17-13(16-8)9-3-4-10(21-9)22(18,19)20/h3-5H,2H2,1H3,(H,16,17)(H2,18,19,20). The van der Waals surface area contributed by atoms with Crippen molar-refractivity contribution in [3.63, 3.8) is 0 Å². The number of H-pyrrole nitrogens is 1. The fraction of sp³-hybridized carbons (Fsp3) is 0.154. The Hall–Kier alpha value is -1.66. The quantitative estimate of drug-likeness (QED) is 0.634. The minimum Gasteiger partial charge on any atom is -0.445 e. The van der Waals surface area contributed by atoms with Crippen LogP contribution < -0.4 is 5.50 Å². The number of hydrogen-bond donors (Lipinski definition) is 3. The van der Waals surface area contributed by atoms with Gasteiger partial charge in [-0.3, -0.25) is 4.57 Å². The first kappa shape index (κ1) is 15.2. The molecule has 0 aliphatic rings. The Morgan fingerprint density at radius 1 is 1.45 bits per heavy atom. The van der Waals surface area contributed by atoms with Gasteiger partial charge in [0.05, 0.1) is 16.1 Å². The molecular weight excluding hydrogens is 334 g/mol. The molecule has 1 aromatic carbocycles. The van der Waals surface area contributed by atoms with Crippen molar-refractivity contribution in [3.05, 3.63) is 34.6 Å². The van der Waals surface area contributed by atoms with Gasteiger partial charge in [-0.15, -0.1) is 0 Å². The number of furan rings is 1. The molecule has 22 heavy (non-hydrogen) atoms. The summed E-state index contributed by atoms with van der Waals surface area (Å²) in [6, 6.07) is 3.76. The van der Waals surface area contributed by atoms with Crippen LogP contribution in [0.3, 0.4) is 0 Å². The van der Waals surface area contributed by atoms with Crippen LogP contribution in [0.4, 0.5) is 4.39 Å². The molecule has 0 fully saturated rings. The number of fused-ring (bicyclic) bond motifs is 1. The van der Waals surface area contributed by atoms with Crippen molar-refractivity contribution >= 4 is 35.7 Å². The molecule has 0 unspecified atom stereocenters. The van der Waals surface area contributed by atoms with Crippen LogP contribution in [0.5, 0.6) is 0 Å². The van der Waals surface area contributed by atoms with Crippen LogP contribution in [0.25, 0.3) is 22.6 Å². The predicted molar refractivity (Wildman–Crippen MR) is 79.8 cm³/mol. The van der Waals surface area contributed by atoms with Crippen LogP contribution in [-0.4, -0.2) is 19.8 Å². The monoisotopic (exact) mass is 344 g/mol. The van der Waals surface area contributed by atoms with Gasteiger partial charge in [-0.25, -0.2) is 9.37 Å². The van der Waals surface area contributed by atoms with Crippen LogP contribution in [0, 0.1) is 5.82 Å². The van der Waals surface area contributed by atoms with Crippen molar-refractivity contribution in [2.24, 2.45) is 0 Å². The van der Waals surface area contributed by atoms with E-state index in [1.54, 1.807) is 0 Å². The maximum Gasteiger partial charge on any atom is 0.391 e. The van der Waals surface area contributed by atoms with Gasteiger partial charge in [0, 0.05) is 6.07 Å². The lowest BCUT2D eigenvalue weighted by molar-refractivity contribution is 0.377. The van der Waals surface area contributed by atoms with Crippen LogP contribution in [0.1, 0.15) is 12.5 Å². The summed E-state index contributed by atoms with van der Waals surface area (Å²) in [6.45, 7) is 1.83. The van der Waals surface area contributed by atoms with E-state index in [0.717, 1.165) is 0 Å². The summed E-state index contributed by atoms with van der Waals surface area (Å²) in [5.41, 5.74) is 1.06. The zero-order valence-electron chi connectivity index (χ0n) is 11.3. The molecule has 3 aromatic rings. The Balaban J connectivity index is 2.17. The van der Waals surface area contributed by atoms with Gasteiger partial charge in [-0.05, 0) is 24.1 Å². The molecule has 0 aliphatic heterocycles. The highest BCUT2D eigenvalue weighted by Gasteiger charge is 2.23. The number of nitrogens with zero attached hydrogens (tertiary/aromatic N) is 1. The molecule has 9 heteroatoms.